The molecule has 0 bridgehead atoms. The monoisotopic (exact) mass is 294 g/mol. The van der Waals surface area contributed by atoms with E-state index in [-0.39, 0.29) is 10.5 Å². The molecule has 0 saturated heterocycles. The van der Waals surface area contributed by atoms with Crippen LogP contribution in [0.4, 0.5) is 0 Å². The molecule has 0 amide bonds. The van der Waals surface area contributed by atoms with Gasteiger partial charge in [-0.25, -0.2) is 13.2 Å². The molecule has 1 aromatic carbocycles. The normalized spacial score (nSPS) is 11.3. The summed E-state index contributed by atoms with van der Waals surface area (Å²) in [5, 5.41) is 4.03. The number of esters is 1. The highest BCUT2D eigenvalue weighted by molar-refractivity contribution is 7.90. The first-order valence-electron chi connectivity index (χ1n) is 5.74. The fourth-order valence-electron chi connectivity index (χ4n) is 1.86. The zero-order valence-corrected chi connectivity index (χ0v) is 12.1. The molecule has 0 aliphatic rings. The molecule has 1 heterocycles. The Labute approximate surface area is 116 Å². The van der Waals surface area contributed by atoms with Crippen molar-refractivity contribution in [2.45, 2.75) is 4.90 Å². The number of ether oxygens (including phenoxy) is 1. The lowest BCUT2D eigenvalue weighted by Crippen LogP contribution is -2.09. The van der Waals surface area contributed by atoms with E-state index < -0.39 is 15.8 Å². The van der Waals surface area contributed by atoms with Gasteiger partial charge in [-0.05, 0) is 17.7 Å². The van der Waals surface area contributed by atoms with Crippen molar-refractivity contribution in [3.8, 4) is 11.1 Å². The second-order valence-electron chi connectivity index (χ2n) is 4.38. The van der Waals surface area contributed by atoms with Crippen molar-refractivity contribution in [2.24, 2.45) is 7.05 Å². The number of hydrogen-bond donors (Lipinski definition) is 0. The van der Waals surface area contributed by atoms with Crippen molar-refractivity contribution in [1.82, 2.24) is 9.78 Å². The number of aryl methyl sites for hydroxylation is 1. The van der Waals surface area contributed by atoms with Gasteiger partial charge in [0, 0.05) is 25.1 Å². The van der Waals surface area contributed by atoms with Crippen molar-refractivity contribution < 1.29 is 17.9 Å². The molecule has 2 rings (SSSR count). The van der Waals surface area contributed by atoms with Gasteiger partial charge in [0.25, 0.3) is 0 Å². The summed E-state index contributed by atoms with van der Waals surface area (Å²) in [5.74, 6) is -0.678. The number of rotatable bonds is 3. The third-order valence-corrected chi connectivity index (χ3v) is 3.96. The topological polar surface area (TPSA) is 78.3 Å². The Hall–Kier alpha value is -2.15. The lowest BCUT2D eigenvalue weighted by Gasteiger charge is -2.08. The number of carbonyl (C=O) groups is 1. The molecule has 6 nitrogen and oxygen atoms in total. The van der Waals surface area contributed by atoms with Crippen LogP contribution in [0.3, 0.4) is 0 Å². The van der Waals surface area contributed by atoms with Crippen molar-refractivity contribution in [1.29, 1.82) is 0 Å². The molecule has 7 heteroatoms. The van der Waals surface area contributed by atoms with E-state index in [1.165, 1.54) is 19.2 Å². The standard InChI is InChI=1S/C13H14N2O4S/c1-15-8-10(7-14-15)9-4-5-11(13(16)19-2)12(6-9)20(3,17)18/h4-8H,1-3H3. The Morgan fingerprint density at radius 1 is 1.30 bits per heavy atom. The zero-order chi connectivity index (χ0) is 14.9. The molecule has 0 saturated carbocycles. The van der Waals surface area contributed by atoms with E-state index in [4.69, 9.17) is 0 Å². The Morgan fingerprint density at radius 3 is 2.50 bits per heavy atom. The minimum absolute atomic E-state index is 0.0302. The van der Waals surface area contributed by atoms with Crippen LogP contribution in [-0.4, -0.2) is 37.5 Å². The zero-order valence-electron chi connectivity index (χ0n) is 11.3. The van der Waals surface area contributed by atoms with Gasteiger partial charge in [-0.2, -0.15) is 5.10 Å². The first-order valence-corrected chi connectivity index (χ1v) is 7.63. The van der Waals surface area contributed by atoms with Gasteiger partial charge in [-0.15, -0.1) is 0 Å². The molecule has 106 valence electrons. The maximum atomic E-state index is 11.8. The van der Waals surface area contributed by atoms with Crippen LogP contribution >= 0.6 is 0 Å². The third-order valence-electron chi connectivity index (χ3n) is 2.82. The number of hydrogen-bond acceptors (Lipinski definition) is 5. The minimum Gasteiger partial charge on any atom is -0.465 e. The van der Waals surface area contributed by atoms with Crippen LogP contribution in [0.15, 0.2) is 35.5 Å². The van der Waals surface area contributed by atoms with Gasteiger partial charge in [-0.1, -0.05) is 6.07 Å². The van der Waals surface area contributed by atoms with Gasteiger partial charge in [0.2, 0.25) is 0 Å². The lowest BCUT2D eigenvalue weighted by molar-refractivity contribution is 0.0596. The van der Waals surface area contributed by atoms with Gasteiger partial charge in [0.15, 0.2) is 9.84 Å². The fraction of sp³-hybridized carbons (Fsp3) is 0.231. The molecule has 20 heavy (non-hydrogen) atoms. The smallest absolute Gasteiger partial charge is 0.339 e. The van der Waals surface area contributed by atoms with Crippen LogP contribution < -0.4 is 0 Å². The van der Waals surface area contributed by atoms with Crippen molar-refractivity contribution in [2.75, 3.05) is 13.4 Å². The molecule has 0 N–H and O–H groups in total. The van der Waals surface area contributed by atoms with Gasteiger partial charge >= 0.3 is 5.97 Å². The van der Waals surface area contributed by atoms with Gasteiger partial charge in [-0.3, -0.25) is 4.68 Å². The Morgan fingerprint density at radius 2 is 2.00 bits per heavy atom. The average Bonchev–Trinajstić information content (AvgIpc) is 2.83. The quantitative estimate of drug-likeness (QED) is 0.797. The Balaban J connectivity index is 2.63. The molecule has 0 spiro atoms. The molecule has 0 fully saturated rings. The second-order valence-corrected chi connectivity index (χ2v) is 6.36. The van der Waals surface area contributed by atoms with Gasteiger partial charge in [0.05, 0.1) is 23.8 Å². The molecule has 2 aromatic rings. The molecule has 1 aromatic heterocycles. The largest absolute Gasteiger partial charge is 0.465 e. The number of aromatic nitrogens is 2. The molecular weight excluding hydrogens is 280 g/mol. The maximum Gasteiger partial charge on any atom is 0.339 e. The summed E-state index contributed by atoms with van der Waals surface area (Å²) in [5.41, 5.74) is 1.47. The van der Waals surface area contributed by atoms with Crippen LogP contribution in [-0.2, 0) is 21.6 Å². The van der Waals surface area contributed by atoms with Crippen LogP contribution in [0, 0.1) is 0 Å². The first-order chi connectivity index (χ1) is 9.32. The van der Waals surface area contributed by atoms with Crippen LogP contribution in [0.1, 0.15) is 10.4 Å². The van der Waals surface area contributed by atoms with Crippen molar-refractivity contribution in [3.63, 3.8) is 0 Å². The van der Waals surface area contributed by atoms with Crippen LogP contribution in [0.5, 0.6) is 0 Å². The number of sulfone groups is 1. The van der Waals surface area contributed by atoms with Crippen molar-refractivity contribution >= 4 is 15.8 Å². The van der Waals surface area contributed by atoms with E-state index in [0.717, 1.165) is 11.8 Å². The minimum atomic E-state index is -3.54. The highest BCUT2D eigenvalue weighted by Crippen LogP contribution is 2.25. The summed E-state index contributed by atoms with van der Waals surface area (Å²) in [6.45, 7) is 0. The first kappa shape index (κ1) is 14.3. The molecule has 0 atom stereocenters. The Bertz CT molecular complexity index is 762. The number of methoxy groups -OCH3 is 1. The van der Waals surface area contributed by atoms with Gasteiger partial charge < -0.3 is 4.74 Å². The SMILES string of the molecule is COC(=O)c1ccc(-c2cnn(C)c2)cc1S(C)(=O)=O. The summed E-state index contributed by atoms with van der Waals surface area (Å²) >= 11 is 0. The highest BCUT2D eigenvalue weighted by Gasteiger charge is 2.20. The summed E-state index contributed by atoms with van der Waals surface area (Å²) in [4.78, 5) is 11.6. The van der Waals surface area contributed by atoms with Gasteiger partial charge in [0.1, 0.15) is 0 Å². The fourth-order valence-corrected chi connectivity index (χ4v) is 2.75. The average molecular weight is 294 g/mol. The maximum absolute atomic E-state index is 11.8. The van der Waals surface area contributed by atoms with Crippen LogP contribution in [0.25, 0.3) is 11.1 Å². The second kappa shape index (κ2) is 5.09. The molecule has 0 radical (unpaired) electrons. The van der Waals surface area contributed by atoms with E-state index in [0.29, 0.717) is 5.56 Å². The van der Waals surface area contributed by atoms with E-state index in [1.54, 1.807) is 30.2 Å². The van der Waals surface area contributed by atoms with E-state index in [2.05, 4.69) is 9.84 Å². The highest BCUT2D eigenvalue weighted by atomic mass is 32.2. The summed E-state index contributed by atoms with van der Waals surface area (Å²) in [7, 11) is -0.561. The summed E-state index contributed by atoms with van der Waals surface area (Å²) < 4.78 is 29.9. The number of nitrogens with zero attached hydrogens (tertiary/aromatic N) is 2. The predicted octanol–water partition coefficient (Wildman–Crippen LogP) is 1.28. The third kappa shape index (κ3) is 2.72. The number of carbonyl (C=O) groups excluding carboxylic acids is 1. The molecule has 0 aliphatic heterocycles. The van der Waals surface area contributed by atoms with Crippen LogP contribution in [0.2, 0.25) is 0 Å². The molecule has 0 aliphatic carbocycles. The predicted molar refractivity (Wildman–Crippen MR) is 73.1 cm³/mol. The van der Waals surface area contributed by atoms with Crippen molar-refractivity contribution in [3.05, 3.63) is 36.2 Å². The van der Waals surface area contributed by atoms with E-state index >= 15 is 0 Å². The van der Waals surface area contributed by atoms with E-state index in [9.17, 15) is 13.2 Å². The lowest BCUT2D eigenvalue weighted by atomic mass is 10.1. The molecular formula is C13H14N2O4S. The van der Waals surface area contributed by atoms with E-state index in [1.807, 2.05) is 0 Å². The Kier molecular flexibility index (Phi) is 3.63. The number of benzene rings is 1. The summed E-state index contributed by atoms with van der Waals surface area (Å²) in [6.07, 6.45) is 4.44. The summed E-state index contributed by atoms with van der Waals surface area (Å²) in [6, 6.07) is 4.57. The molecule has 0 unspecified atom stereocenters.